The summed E-state index contributed by atoms with van der Waals surface area (Å²) in [5.41, 5.74) is 0.0706. The summed E-state index contributed by atoms with van der Waals surface area (Å²) in [5, 5.41) is 1.62. The molecule has 146 valence electrons. The number of halogens is 4. The number of benzene rings is 1. The molecule has 2 aliphatic rings. The van der Waals surface area contributed by atoms with Gasteiger partial charge in [-0.3, -0.25) is 14.6 Å². The average Bonchev–Trinajstić information content (AvgIpc) is 3.17. The highest BCUT2D eigenvalue weighted by Crippen LogP contribution is 2.29. The van der Waals surface area contributed by atoms with Gasteiger partial charge in [0.15, 0.2) is 0 Å². The van der Waals surface area contributed by atoms with Crippen molar-refractivity contribution < 1.29 is 41.4 Å². The summed E-state index contributed by atoms with van der Waals surface area (Å²) in [7, 11) is 0. The Morgan fingerprint density at radius 3 is 2.56 bits per heavy atom. The zero-order valence-electron chi connectivity index (χ0n) is 13.6. The van der Waals surface area contributed by atoms with Gasteiger partial charge in [0.1, 0.15) is 18.5 Å². The summed E-state index contributed by atoms with van der Waals surface area (Å²) < 4.78 is 60.4. The Balaban J connectivity index is 1.66. The first-order valence-electron chi connectivity index (χ1n) is 7.74. The van der Waals surface area contributed by atoms with E-state index in [0.29, 0.717) is 0 Å². The van der Waals surface area contributed by atoms with Gasteiger partial charge in [0, 0.05) is 0 Å². The van der Waals surface area contributed by atoms with Gasteiger partial charge < -0.3 is 14.8 Å². The summed E-state index contributed by atoms with van der Waals surface area (Å²) in [4.78, 5) is 36.3. The number of ether oxygens (including phenoxy) is 2. The molecule has 1 N–H and O–H groups in total. The number of carbonyl (C=O) groups excluding carboxylic acids is 3. The maximum absolute atomic E-state index is 14.3. The van der Waals surface area contributed by atoms with Gasteiger partial charge in [0.05, 0.1) is 31.0 Å². The van der Waals surface area contributed by atoms with Crippen molar-refractivity contribution in [2.45, 2.75) is 12.3 Å². The van der Waals surface area contributed by atoms with Crippen LogP contribution in [0.3, 0.4) is 0 Å². The molecule has 0 spiro atoms. The lowest BCUT2D eigenvalue weighted by Crippen LogP contribution is -2.41. The number of cyclic esters (lactones) is 2. The van der Waals surface area contributed by atoms with E-state index in [2.05, 4.69) is 0 Å². The number of hydrogen-bond donors (Lipinski definition) is 1. The number of nitrogens with zero attached hydrogens (tertiary/aromatic N) is 2. The first-order chi connectivity index (χ1) is 12.7. The molecular formula is C15H13F4N3O5. The zero-order chi connectivity index (χ0) is 19.8. The van der Waals surface area contributed by atoms with Crippen molar-refractivity contribution in [2.24, 2.45) is 0 Å². The second-order valence-electron chi connectivity index (χ2n) is 5.73. The predicted molar refractivity (Wildman–Crippen MR) is 81.8 cm³/mol. The SMILES string of the molecule is O=C1OC(CNC(=O)C(F)(F)F)CN1c1ccc(N2CCOC2=O)c(F)c1. The second-order valence-corrected chi connectivity index (χ2v) is 5.73. The fourth-order valence-electron chi connectivity index (χ4n) is 2.64. The summed E-state index contributed by atoms with van der Waals surface area (Å²) >= 11 is 0. The Kier molecular flexibility index (Phi) is 4.81. The van der Waals surface area contributed by atoms with Crippen LogP contribution in [0.15, 0.2) is 18.2 Å². The van der Waals surface area contributed by atoms with Gasteiger partial charge in [-0.1, -0.05) is 0 Å². The fourth-order valence-corrected chi connectivity index (χ4v) is 2.64. The van der Waals surface area contributed by atoms with E-state index >= 15 is 0 Å². The fraction of sp³-hybridized carbons (Fsp3) is 0.400. The van der Waals surface area contributed by atoms with Crippen LogP contribution in [-0.4, -0.2) is 56.6 Å². The topological polar surface area (TPSA) is 88.2 Å². The molecule has 0 saturated carbocycles. The van der Waals surface area contributed by atoms with Crippen molar-refractivity contribution in [3.63, 3.8) is 0 Å². The molecule has 8 nitrogen and oxygen atoms in total. The highest BCUT2D eigenvalue weighted by atomic mass is 19.4. The predicted octanol–water partition coefficient (Wildman–Crippen LogP) is 1.79. The van der Waals surface area contributed by atoms with Crippen molar-refractivity contribution in [3.8, 4) is 0 Å². The Hall–Kier alpha value is -3.05. The Morgan fingerprint density at radius 2 is 1.96 bits per heavy atom. The average molecular weight is 391 g/mol. The highest BCUT2D eigenvalue weighted by Gasteiger charge is 2.40. The molecule has 2 aliphatic heterocycles. The van der Waals surface area contributed by atoms with Gasteiger partial charge in [-0.25, -0.2) is 14.0 Å². The number of amides is 3. The highest BCUT2D eigenvalue weighted by molar-refractivity contribution is 5.92. The van der Waals surface area contributed by atoms with E-state index in [-0.39, 0.29) is 31.1 Å². The third-order valence-electron chi connectivity index (χ3n) is 3.92. The minimum absolute atomic E-state index is 0.0252. The van der Waals surface area contributed by atoms with E-state index in [9.17, 15) is 31.9 Å². The lowest BCUT2D eigenvalue weighted by Gasteiger charge is -2.17. The van der Waals surface area contributed by atoms with Crippen LogP contribution in [0, 0.1) is 5.82 Å². The molecule has 1 unspecified atom stereocenters. The van der Waals surface area contributed by atoms with Crippen LogP contribution in [-0.2, 0) is 14.3 Å². The number of anilines is 2. The minimum atomic E-state index is -5.04. The van der Waals surface area contributed by atoms with E-state index in [0.717, 1.165) is 15.9 Å². The Bertz CT molecular complexity index is 785. The van der Waals surface area contributed by atoms with Gasteiger partial charge in [-0.05, 0) is 18.2 Å². The van der Waals surface area contributed by atoms with E-state index in [1.54, 1.807) is 5.32 Å². The van der Waals surface area contributed by atoms with Gasteiger partial charge in [-0.2, -0.15) is 13.2 Å². The molecule has 1 aromatic carbocycles. The standard InChI is InChI=1S/C15H13F4N3O5/c16-10-5-8(1-2-11(10)21-3-4-26-13(21)24)22-7-9(27-14(22)25)6-20-12(23)15(17,18)19/h1-2,5,9H,3-4,6-7H2,(H,20,23). The number of nitrogens with one attached hydrogen (secondary N) is 1. The molecule has 2 heterocycles. The first-order valence-corrected chi connectivity index (χ1v) is 7.74. The van der Waals surface area contributed by atoms with Crippen LogP contribution in [0.2, 0.25) is 0 Å². The van der Waals surface area contributed by atoms with Gasteiger partial charge in [0.2, 0.25) is 0 Å². The largest absolute Gasteiger partial charge is 0.471 e. The van der Waals surface area contributed by atoms with Crippen molar-refractivity contribution in [1.82, 2.24) is 5.32 Å². The molecule has 1 aromatic rings. The van der Waals surface area contributed by atoms with E-state index in [1.165, 1.54) is 12.1 Å². The van der Waals surface area contributed by atoms with Gasteiger partial charge in [0.25, 0.3) is 0 Å². The Morgan fingerprint density at radius 1 is 1.22 bits per heavy atom. The third kappa shape index (κ3) is 3.88. The van der Waals surface area contributed by atoms with Crippen LogP contribution < -0.4 is 15.1 Å². The van der Waals surface area contributed by atoms with E-state index in [1.807, 2.05) is 0 Å². The molecule has 1 atom stereocenters. The Labute approximate surface area is 149 Å². The number of hydrogen-bond acceptors (Lipinski definition) is 5. The third-order valence-corrected chi connectivity index (χ3v) is 3.92. The van der Waals surface area contributed by atoms with E-state index < -0.39 is 42.7 Å². The summed E-state index contributed by atoms with van der Waals surface area (Å²) in [6.07, 6.45) is -7.66. The summed E-state index contributed by atoms with van der Waals surface area (Å²) in [6.45, 7) is -0.409. The van der Waals surface area contributed by atoms with Crippen LogP contribution in [0.4, 0.5) is 38.5 Å². The van der Waals surface area contributed by atoms with E-state index in [4.69, 9.17) is 9.47 Å². The van der Waals surface area contributed by atoms with Crippen LogP contribution >= 0.6 is 0 Å². The quantitative estimate of drug-likeness (QED) is 0.791. The first kappa shape index (κ1) is 18.7. The van der Waals surface area contributed by atoms with Crippen molar-refractivity contribution >= 4 is 29.5 Å². The smallest absolute Gasteiger partial charge is 0.447 e. The van der Waals surface area contributed by atoms with Crippen molar-refractivity contribution in [3.05, 3.63) is 24.0 Å². The maximum Gasteiger partial charge on any atom is 0.471 e. The van der Waals surface area contributed by atoms with Crippen molar-refractivity contribution in [1.29, 1.82) is 0 Å². The van der Waals surface area contributed by atoms with Gasteiger partial charge >= 0.3 is 24.3 Å². The maximum atomic E-state index is 14.3. The lowest BCUT2D eigenvalue weighted by atomic mass is 10.2. The number of alkyl halides is 3. The van der Waals surface area contributed by atoms with Crippen molar-refractivity contribution in [2.75, 3.05) is 36.0 Å². The molecule has 2 saturated heterocycles. The zero-order valence-corrected chi connectivity index (χ0v) is 13.6. The molecule has 0 aliphatic carbocycles. The van der Waals surface area contributed by atoms with Crippen LogP contribution in [0.25, 0.3) is 0 Å². The van der Waals surface area contributed by atoms with Gasteiger partial charge in [-0.15, -0.1) is 0 Å². The lowest BCUT2D eigenvalue weighted by molar-refractivity contribution is -0.173. The molecule has 0 bridgehead atoms. The molecule has 2 fully saturated rings. The van der Waals surface area contributed by atoms with Crippen LogP contribution in [0.1, 0.15) is 0 Å². The molecule has 0 radical (unpaired) electrons. The molecule has 3 amide bonds. The summed E-state index contributed by atoms with van der Waals surface area (Å²) in [6, 6.07) is 3.64. The summed E-state index contributed by atoms with van der Waals surface area (Å²) in [5.74, 6) is -2.93. The molecule has 0 aromatic heterocycles. The monoisotopic (exact) mass is 391 g/mol. The second kappa shape index (κ2) is 6.93. The number of carbonyl (C=O) groups is 3. The van der Waals surface area contributed by atoms with Crippen LogP contribution in [0.5, 0.6) is 0 Å². The minimum Gasteiger partial charge on any atom is -0.447 e. The molecule has 3 rings (SSSR count). The number of rotatable bonds is 4. The molecule has 12 heteroatoms. The molecule has 27 heavy (non-hydrogen) atoms. The normalized spacial score (nSPS) is 19.9. The molecular weight excluding hydrogens is 378 g/mol.